The molecule has 1 aliphatic heterocycles. The van der Waals surface area contributed by atoms with Gasteiger partial charge in [-0.3, -0.25) is 9.59 Å². The first kappa shape index (κ1) is 32.9. The maximum absolute atomic E-state index is 13.9. The van der Waals surface area contributed by atoms with E-state index in [1.807, 2.05) is 17.9 Å². The van der Waals surface area contributed by atoms with Crippen LogP contribution in [-0.2, 0) is 19.7 Å². The van der Waals surface area contributed by atoms with E-state index >= 15 is 0 Å². The molecule has 0 spiro atoms. The predicted octanol–water partition coefficient (Wildman–Crippen LogP) is 5.76. The van der Waals surface area contributed by atoms with Crippen LogP contribution >= 0.6 is 46.4 Å². The van der Waals surface area contributed by atoms with Crippen LogP contribution < -0.4 is 5.32 Å². The van der Waals surface area contributed by atoms with E-state index < -0.39 is 11.5 Å². The van der Waals surface area contributed by atoms with Gasteiger partial charge in [-0.25, -0.2) is 0 Å². The number of amides is 2. The third-order valence-electron chi connectivity index (χ3n) is 7.76. The molecular formula is C29H37Cl4N3O4. The Morgan fingerprint density at radius 3 is 2.25 bits per heavy atom. The smallest absolute Gasteiger partial charge is 0.230 e. The zero-order valence-electron chi connectivity index (χ0n) is 23.1. The number of carbonyl (C=O) groups excluding carboxylic acids is 2. The lowest BCUT2D eigenvalue weighted by Crippen LogP contribution is -2.50. The fourth-order valence-corrected chi connectivity index (χ4v) is 5.74. The number of likely N-dealkylation sites (tertiary alicyclic amines) is 1. The van der Waals surface area contributed by atoms with Gasteiger partial charge < -0.3 is 25.0 Å². The maximum atomic E-state index is 13.9. The van der Waals surface area contributed by atoms with Gasteiger partial charge in [0.1, 0.15) is 0 Å². The van der Waals surface area contributed by atoms with Crippen molar-refractivity contribution >= 4 is 58.2 Å². The Bertz CT molecular complexity index is 1180. The van der Waals surface area contributed by atoms with Crippen LogP contribution in [0.1, 0.15) is 50.3 Å². The number of benzene rings is 2. The van der Waals surface area contributed by atoms with Gasteiger partial charge in [-0.1, -0.05) is 58.5 Å². The molecule has 1 unspecified atom stereocenters. The van der Waals surface area contributed by atoms with Crippen molar-refractivity contribution in [3.05, 3.63) is 67.6 Å². The van der Waals surface area contributed by atoms with Crippen LogP contribution in [0.15, 0.2) is 36.4 Å². The Morgan fingerprint density at radius 2 is 1.70 bits per heavy atom. The zero-order valence-corrected chi connectivity index (χ0v) is 26.1. The topological polar surface area (TPSA) is 82.1 Å². The van der Waals surface area contributed by atoms with E-state index in [1.165, 1.54) is 0 Å². The van der Waals surface area contributed by atoms with Crippen molar-refractivity contribution in [2.45, 2.75) is 50.6 Å². The summed E-state index contributed by atoms with van der Waals surface area (Å²) < 4.78 is 5.18. The van der Waals surface area contributed by atoms with Crippen LogP contribution in [0.5, 0.6) is 0 Å². The average Bonchev–Trinajstić information content (AvgIpc) is 2.94. The van der Waals surface area contributed by atoms with Crippen LogP contribution in [0.4, 0.5) is 0 Å². The van der Waals surface area contributed by atoms with E-state index in [9.17, 15) is 14.7 Å². The monoisotopic (exact) mass is 631 g/mol. The number of piperidine rings is 1. The molecule has 1 aliphatic rings. The van der Waals surface area contributed by atoms with Gasteiger partial charge >= 0.3 is 0 Å². The van der Waals surface area contributed by atoms with Gasteiger partial charge in [0, 0.05) is 39.7 Å². The number of carbonyl (C=O) groups is 2. The van der Waals surface area contributed by atoms with Gasteiger partial charge in [0.05, 0.1) is 44.8 Å². The predicted molar refractivity (Wildman–Crippen MR) is 162 cm³/mol. The molecule has 220 valence electrons. The SMILES string of the molecule is COCCN(C(C)=O)C1CCN(CCC(C)(C(=O)N[C@H](CO)c2ccc(Cl)c(Cl)c2)c2ccc(Cl)c(Cl)c2)CC1. The minimum atomic E-state index is -0.974. The summed E-state index contributed by atoms with van der Waals surface area (Å²) in [4.78, 5) is 30.3. The van der Waals surface area contributed by atoms with E-state index in [0.717, 1.165) is 31.5 Å². The minimum absolute atomic E-state index is 0.0553. The Hall–Kier alpha value is -1.58. The maximum Gasteiger partial charge on any atom is 0.230 e. The number of aliphatic hydroxyl groups is 1. The van der Waals surface area contributed by atoms with Crippen molar-refractivity contribution in [2.24, 2.45) is 0 Å². The Morgan fingerprint density at radius 1 is 1.07 bits per heavy atom. The molecule has 0 radical (unpaired) electrons. The second-order valence-corrected chi connectivity index (χ2v) is 12.0. The highest BCUT2D eigenvalue weighted by Crippen LogP contribution is 2.35. The van der Waals surface area contributed by atoms with Crippen molar-refractivity contribution in [3.63, 3.8) is 0 Å². The number of aliphatic hydroxyl groups excluding tert-OH is 1. The minimum Gasteiger partial charge on any atom is -0.394 e. The van der Waals surface area contributed by atoms with Crippen LogP contribution in [0.25, 0.3) is 0 Å². The summed E-state index contributed by atoms with van der Waals surface area (Å²) in [5.74, 6) is -0.201. The van der Waals surface area contributed by atoms with E-state index in [2.05, 4.69) is 10.2 Å². The average molecular weight is 633 g/mol. The third kappa shape index (κ3) is 8.25. The molecule has 2 aromatic rings. The van der Waals surface area contributed by atoms with Crippen LogP contribution in [-0.4, -0.2) is 79.3 Å². The van der Waals surface area contributed by atoms with Crippen molar-refractivity contribution in [1.82, 2.24) is 15.1 Å². The fraction of sp³-hybridized carbons (Fsp3) is 0.517. The quantitative estimate of drug-likeness (QED) is 0.311. The van der Waals surface area contributed by atoms with Crippen molar-refractivity contribution in [3.8, 4) is 0 Å². The highest BCUT2D eigenvalue weighted by atomic mass is 35.5. The third-order valence-corrected chi connectivity index (χ3v) is 9.24. The van der Waals surface area contributed by atoms with Gasteiger partial charge in [-0.15, -0.1) is 0 Å². The number of nitrogens with zero attached hydrogens (tertiary/aromatic N) is 2. The molecule has 0 bridgehead atoms. The largest absolute Gasteiger partial charge is 0.394 e. The molecule has 1 saturated heterocycles. The number of hydrogen-bond acceptors (Lipinski definition) is 5. The number of halogens is 4. The van der Waals surface area contributed by atoms with Gasteiger partial charge in [0.25, 0.3) is 0 Å². The number of hydrogen-bond donors (Lipinski definition) is 2. The fourth-order valence-electron chi connectivity index (χ4n) is 5.13. The first-order chi connectivity index (χ1) is 19.0. The van der Waals surface area contributed by atoms with Crippen molar-refractivity contribution < 1.29 is 19.4 Å². The molecule has 11 heteroatoms. The summed E-state index contributed by atoms with van der Waals surface area (Å²) >= 11 is 24.8. The summed E-state index contributed by atoms with van der Waals surface area (Å²) in [7, 11) is 1.63. The van der Waals surface area contributed by atoms with Gasteiger partial charge in [-0.05, 0) is 68.1 Å². The molecule has 0 saturated carbocycles. The lowest BCUT2D eigenvalue weighted by atomic mass is 9.78. The summed E-state index contributed by atoms with van der Waals surface area (Å²) in [5.41, 5.74) is 0.397. The summed E-state index contributed by atoms with van der Waals surface area (Å²) in [6.45, 7) is 6.52. The lowest BCUT2D eigenvalue weighted by Gasteiger charge is -2.39. The molecule has 1 fully saturated rings. The van der Waals surface area contributed by atoms with E-state index in [0.29, 0.717) is 51.8 Å². The number of nitrogens with one attached hydrogen (secondary N) is 1. The summed E-state index contributed by atoms with van der Waals surface area (Å²) in [6.07, 6.45) is 2.20. The second kappa shape index (κ2) is 15.1. The Kier molecular flexibility index (Phi) is 12.4. The van der Waals surface area contributed by atoms with Crippen LogP contribution in [0, 0.1) is 0 Å². The summed E-state index contributed by atoms with van der Waals surface area (Å²) in [5, 5.41) is 14.6. The summed E-state index contributed by atoms with van der Waals surface area (Å²) in [6, 6.07) is 9.73. The Labute approximate surface area is 256 Å². The molecule has 0 aliphatic carbocycles. The van der Waals surface area contributed by atoms with Crippen molar-refractivity contribution in [2.75, 3.05) is 46.5 Å². The molecule has 7 nitrogen and oxygen atoms in total. The van der Waals surface area contributed by atoms with E-state index in [1.54, 1.807) is 44.4 Å². The van der Waals surface area contributed by atoms with E-state index in [-0.39, 0.29) is 24.5 Å². The highest BCUT2D eigenvalue weighted by Gasteiger charge is 2.38. The molecular weight excluding hydrogens is 596 g/mol. The van der Waals surface area contributed by atoms with Gasteiger partial charge in [0.15, 0.2) is 0 Å². The van der Waals surface area contributed by atoms with Gasteiger partial charge in [-0.2, -0.15) is 0 Å². The standard InChI is InChI=1S/C29H37Cl4N3O4/c1-19(38)36(14-15-40-3)22-8-11-35(12-9-22)13-10-29(2,21-5-7-24(31)26(33)17-21)28(39)34-27(18-37)20-4-6-23(30)25(32)16-20/h4-7,16-17,22,27,37H,8-15,18H2,1-3H3,(H,34,39)/t27-,29?/m1/s1. The molecule has 0 aromatic heterocycles. The zero-order chi connectivity index (χ0) is 29.4. The molecule has 2 aromatic carbocycles. The number of methoxy groups -OCH3 is 1. The van der Waals surface area contributed by atoms with Crippen LogP contribution in [0.2, 0.25) is 20.1 Å². The lowest BCUT2D eigenvalue weighted by molar-refractivity contribution is -0.133. The van der Waals surface area contributed by atoms with E-state index in [4.69, 9.17) is 51.1 Å². The molecule has 2 atom stereocenters. The molecule has 2 amide bonds. The molecule has 2 N–H and O–H groups in total. The molecule has 40 heavy (non-hydrogen) atoms. The van der Waals surface area contributed by atoms with Crippen molar-refractivity contribution in [1.29, 1.82) is 0 Å². The molecule has 1 heterocycles. The van der Waals surface area contributed by atoms with Gasteiger partial charge in [0.2, 0.25) is 11.8 Å². The van der Waals surface area contributed by atoms with Crippen LogP contribution in [0.3, 0.4) is 0 Å². The first-order valence-corrected chi connectivity index (χ1v) is 14.8. The highest BCUT2D eigenvalue weighted by molar-refractivity contribution is 6.42. The molecule has 3 rings (SSSR count). The first-order valence-electron chi connectivity index (χ1n) is 13.3. The second-order valence-electron chi connectivity index (χ2n) is 10.4. The Balaban J connectivity index is 1.76. The number of rotatable bonds is 12. The normalized spacial score (nSPS) is 16.8. The number of ether oxygens (including phenoxy) is 1.